The molecule has 5 nitrogen and oxygen atoms in total. The Kier molecular flexibility index (Phi) is 3.97. The lowest BCUT2D eigenvalue weighted by atomic mass is 9.98. The first-order chi connectivity index (χ1) is 12.5. The van der Waals surface area contributed by atoms with Crippen LogP contribution in [0.3, 0.4) is 0 Å². The van der Waals surface area contributed by atoms with Crippen molar-refractivity contribution in [3.8, 4) is 22.3 Å². The maximum atomic E-state index is 11.8. The van der Waals surface area contributed by atoms with Crippen LogP contribution < -0.4 is 0 Å². The van der Waals surface area contributed by atoms with Gasteiger partial charge in [-0.2, -0.15) is 0 Å². The zero-order valence-corrected chi connectivity index (χ0v) is 14.8. The van der Waals surface area contributed by atoms with Crippen LogP contribution in [-0.4, -0.2) is 29.6 Å². The molecule has 0 saturated carbocycles. The molecule has 4 aromatic rings. The summed E-state index contributed by atoms with van der Waals surface area (Å²) in [5, 5.41) is 0.987. The van der Waals surface area contributed by atoms with Crippen LogP contribution in [0.2, 0.25) is 0 Å². The molecule has 0 N–H and O–H groups in total. The molecule has 0 spiro atoms. The largest absolute Gasteiger partial charge is 0.265 e. The van der Waals surface area contributed by atoms with Crippen LogP contribution in [0.25, 0.3) is 33.2 Å². The van der Waals surface area contributed by atoms with E-state index in [2.05, 4.69) is 15.0 Å². The summed E-state index contributed by atoms with van der Waals surface area (Å²) >= 11 is 0. The summed E-state index contributed by atoms with van der Waals surface area (Å²) in [4.78, 5) is 12.8. The number of benzene rings is 1. The zero-order chi connectivity index (χ0) is 18.1. The van der Waals surface area contributed by atoms with Gasteiger partial charge in [0.1, 0.15) is 0 Å². The molecule has 128 valence electrons. The first kappa shape index (κ1) is 16.4. The highest BCUT2D eigenvalue weighted by molar-refractivity contribution is 7.90. The van der Waals surface area contributed by atoms with Crippen molar-refractivity contribution in [2.45, 2.75) is 4.90 Å². The van der Waals surface area contributed by atoms with E-state index < -0.39 is 9.84 Å². The Morgan fingerprint density at radius 1 is 0.769 bits per heavy atom. The van der Waals surface area contributed by atoms with Gasteiger partial charge in [0.2, 0.25) is 0 Å². The average Bonchev–Trinajstić information content (AvgIpc) is 2.67. The van der Waals surface area contributed by atoms with Crippen molar-refractivity contribution in [2.75, 3.05) is 6.26 Å². The Hall–Kier alpha value is -3.12. The molecule has 3 heterocycles. The monoisotopic (exact) mass is 361 g/mol. The summed E-state index contributed by atoms with van der Waals surface area (Å²) in [5.41, 5.74) is 4.60. The van der Waals surface area contributed by atoms with Gasteiger partial charge in [-0.25, -0.2) is 8.42 Å². The van der Waals surface area contributed by atoms with E-state index in [1.165, 1.54) is 12.5 Å². The lowest BCUT2D eigenvalue weighted by Gasteiger charge is -2.09. The van der Waals surface area contributed by atoms with Gasteiger partial charge >= 0.3 is 0 Å². The van der Waals surface area contributed by atoms with Crippen LogP contribution in [0.5, 0.6) is 0 Å². The zero-order valence-electron chi connectivity index (χ0n) is 14.0. The minimum absolute atomic E-state index is 0.204. The molecule has 4 rings (SSSR count). The second-order valence-electron chi connectivity index (χ2n) is 6.01. The van der Waals surface area contributed by atoms with E-state index in [1.807, 2.05) is 36.4 Å². The van der Waals surface area contributed by atoms with Gasteiger partial charge in [-0.1, -0.05) is 6.07 Å². The van der Waals surface area contributed by atoms with Crippen molar-refractivity contribution in [1.29, 1.82) is 0 Å². The summed E-state index contributed by atoms with van der Waals surface area (Å²) in [7, 11) is -3.31. The van der Waals surface area contributed by atoms with E-state index in [-0.39, 0.29) is 4.90 Å². The van der Waals surface area contributed by atoms with Crippen molar-refractivity contribution < 1.29 is 8.42 Å². The predicted octanol–water partition coefficient (Wildman–Crippen LogP) is 3.76. The van der Waals surface area contributed by atoms with Gasteiger partial charge in [-0.3, -0.25) is 15.0 Å². The summed E-state index contributed by atoms with van der Waals surface area (Å²) in [5.74, 6) is 0. The number of pyridine rings is 3. The minimum atomic E-state index is -3.31. The Bertz CT molecular complexity index is 1210. The van der Waals surface area contributed by atoms with Crippen molar-refractivity contribution in [3.63, 3.8) is 0 Å². The van der Waals surface area contributed by atoms with E-state index >= 15 is 0 Å². The van der Waals surface area contributed by atoms with Gasteiger partial charge in [0, 0.05) is 48.2 Å². The molecule has 26 heavy (non-hydrogen) atoms. The number of fused-ring (bicyclic) bond motifs is 1. The first-order valence-electron chi connectivity index (χ1n) is 7.97. The summed E-state index contributed by atoms with van der Waals surface area (Å²) in [6.45, 7) is 0. The van der Waals surface area contributed by atoms with Crippen LogP contribution in [0.1, 0.15) is 0 Å². The van der Waals surface area contributed by atoms with Gasteiger partial charge in [0.05, 0.1) is 10.4 Å². The molecule has 0 atom stereocenters. The Morgan fingerprint density at radius 2 is 1.58 bits per heavy atom. The fraction of sp³-hybridized carbons (Fsp3) is 0.0500. The standard InChI is InChI=1S/C20H15N3O2S/c1-26(24,25)17-10-16(12-22-13-17)15-2-3-20-19(11-15)18(6-9-23-20)14-4-7-21-8-5-14/h2-13H,1H3. The molecule has 3 aromatic heterocycles. The van der Waals surface area contributed by atoms with Crippen LogP contribution in [0, 0.1) is 0 Å². The topological polar surface area (TPSA) is 72.8 Å². The predicted molar refractivity (Wildman–Crippen MR) is 101 cm³/mol. The van der Waals surface area contributed by atoms with Crippen LogP contribution in [0.15, 0.2) is 78.3 Å². The highest BCUT2D eigenvalue weighted by Crippen LogP contribution is 2.31. The van der Waals surface area contributed by atoms with Gasteiger partial charge in [0.15, 0.2) is 9.84 Å². The maximum Gasteiger partial charge on any atom is 0.177 e. The van der Waals surface area contributed by atoms with E-state index in [4.69, 9.17) is 0 Å². The molecule has 0 aliphatic rings. The quantitative estimate of drug-likeness (QED) is 0.555. The molecular weight excluding hydrogens is 346 g/mol. The van der Waals surface area contributed by atoms with Gasteiger partial charge < -0.3 is 0 Å². The number of nitrogens with zero attached hydrogens (tertiary/aromatic N) is 3. The number of hydrogen-bond acceptors (Lipinski definition) is 5. The third kappa shape index (κ3) is 3.07. The lowest BCUT2D eigenvalue weighted by Crippen LogP contribution is -1.98. The Balaban J connectivity index is 1.91. The molecular formula is C20H15N3O2S. The highest BCUT2D eigenvalue weighted by Gasteiger charge is 2.11. The van der Waals surface area contributed by atoms with E-state index in [0.717, 1.165) is 33.2 Å². The SMILES string of the molecule is CS(=O)(=O)c1cncc(-c2ccc3nccc(-c4ccncc4)c3c2)c1. The third-order valence-electron chi connectivity index (χ3n) is 4.21. The molecule has 0 fully saturated rings. The first-order valence-corrected chi connectivity index (χ1v) is 9.86. The fourth-order valence-corrected chi connectivity index (χ4v) is 3.48. The van der Waals surface area contributed by atoms with Gasteiger partial charge in [0.25, 0.3) is 0 Å². The van der Waals surface area contributed by atoms with Gasteiger partial charge in [-0.05, 0) is 53.1 Å². The van der Waals surface area contributed by atoms with Crippen molar-refractivity contribution in [3.05, 3.63) is 73.4 Å². The van der Waals surface area contributed by atoms with Crippen molar-refractivity contribution >= 4 is 20.7 Å². The normalized spacial score (nSPS) is 11.6. The minimum Gasteiger partial charge on any atom is -0.265 e. The van der Waals surface area contributed by atoms with Crippen LogP contribution >= 0.6 is 0 Å². The van der Waals surface area contributed by atoms with E-state index in [1.54, 1.807) is 30.9 Å². The second kappa shape index (κ2) is 6.31. The van der Waals surface area contributed by atoms with Crippen molar-refractivity contribution in [1.82, 2.24) is 15.0 Å². The Labute approximate surface area is 151 Å². The number of sulfone groups is 1. The van der Waals surface area contributed by atoms with E-state index in [0.29, 0.717) is 0 Å². The Morgan fingerprint density at radius 3 is 2.35 bits per heavy atom. The molecule has 0 radical (unpaired) electrons. The molecule has 6 heteroatoms. The van der Waals surface area contributed by atoms with Crippen LogP contribution in [-0.2, 0) is 9.84 Å². The average molecular weight is 361 g/mol. The van der Waals surface area contributed by atoms with Crippen LogP contribution in [0.4, 0.5) is 0 Å². The smallest absolute Gasteiger partial charge is 0.177 e. The number of rotatable bonds is 3. The van der Waals surface area contributed by atoms with E-state index in [9.17, 15) is 8.42 Å². The highest BCUT2D eigenvalue weighted by atomic mass is 32.2. The van der Waals surface area contributed by atoms with Crippen molar-refractivity contribution in [2.24, 2.45) is 0 Å². The molecule has 0 aliphatic heterocycles. The molecule has 0 saturated heterocycles. The second-order valence-corrected chi connectivity index (χ2v) is 8.02. The molecule has 0 unspecified atom stereocenters. The maximum absolute atomic E-state index is 11.8. The molecule has 0 amide bonds. The fourth-order valence-electron chi connectivity index (χ4n) is 2.89. The van der Waals surface area contributed by atoms with Gasteiger partial charge in [-0.15, -0.1) is 0 Å². The number of aromatic nitrogens is 3. The molecule has 0 bridgehead atoms. The number of hydrogen-bond donors (Lipinski definition) is 0. The molecule has 1 aromatic carbocycles. The summed E-state index contributed by atoms with van der Waals surface area (Å²) < 4.78 is 23.6. The molecule has 0 aliphatic carbocycles. The lowest BCUT2D eigenvalue weighted by molar-refractivity contribution is 0.601. The summed E-state index contributed by atoms with van der Waals surface area (Å²) in [6.07, 6.45) is 9.50. The third-order valence-corrected chi connectivity index (χ3v) is 5.29. The summed E-state index contributed by atoms with van der Waals surface area (Å²) in [6, 6.07) is 13.4.